The van der Waals surface area contributed by atoms with Crippen LogP contribution in [-0.4, -0.2) is 32.1 Å². The van der Waals surface area contributed by atoms with Gasteiger partial charge in [0.1, 0.15) is 5.82 Å². The highest BCUT2D eigenvalue weighted by Crippen LogP contribution is 2.20. The third kappa shape index (κ3) is 4.62. The third-order valence-electron chi connectivity index (χ3n) is 2.65. The van der Waals surface area contributed by atoms with E-state index in [0.717, 1.165) is 18.7 Å². The molecule has 0 amide bonds. The lowest BCUT2D eigenvalue weighted by atomic mass is 10.1. The van der Waals surface area contributed by atoms with E-state index in [-0.39, 0.29) is 10.8 Å². The highest BCUT2D eigenvalue weighted by Gasteiger charge is 2.10. The molecule has 96 valence electrons. The fourth-order valence-corrected chi connectivity index (χ4v) is 2.16. The van der Waals surface area contributed by atoms with Gasteiger partial charge in [0.25, 0.3) is 0 Å². The molecule has 2 nitrogen and oxygen atoms in total. The van der Waals surface area contributed by atoms with Crippen LogP contribution in [0.3, 0.4) is 0 Å². The first kappa shape index (κ1) is 14.4. The van der Waals surface area contributed by atoms with Crippen molar-refractivity contribution < 1.29 is 4.39 Å². The van der Waals surface area contributed by atoms with Crippen LogP contribution in [0.25, 0.3) is 0 Å². The molecule has 0 fully saturated rings. The number of rotatable bonds is 6. The average molecular weight is 259 g/mol. The zero-order valence-corrected chi connectivity index (χ0v) is 11.4. The molecule has 0 aliphatic heterocycles. The molecule has 1 rings (SSSR count). The van der Waals surface area contributed by atoms with E-state index in [2.05, 4.69) is 17.1 Å². The Morgan fingerprint density at radius 1 is 1.47 bits per heavy atom. The summed E-state index contributed by atoms with van der Waals surface area (Å²) in [6.45, 7) is 4.78. The van der Waals surface area contributed by atoms with Gasteiger partial charge in [-0.05, 0) is 38.2 Å². The van der Waals surface area contributed by atoms with Crippen molar-refractivity contribution in [3.05, 3.63) is 34.6 Å². The Morgan fingerprint density at radius 3 is 2.82 bits per heavy atom. The van der Waals surface area contributed by atoms with E-state index in [9.17, 15) is 4.39 Å². The Labute approximate surface area is 108 Å². The number of nitrogens with one attached hydrogen (secondary N) is 1. The molecule has 0 saturated heterocycles. The van der Waals surface area contributed by atoms with Crippen LogP contribution < -0.4 is 5.32 Å². The maximum absolute atomic E-state index is 13.3. The van der Waals surface area contributed by atoms with Crippen molar-refractivity contribution in [1.82, 2.24) is 10.2 Å². The smallest absolute Gasteiger partial charge is 0.142 e. The van der Waals surface area contributed by atoms with Gasteiger partial charge in [0.15, 0.2) is 0 Å². The molecule has 0 aromatic heterocycles. The molecule has 0 radical (unpaired) electrons. The van der Waals surface area contributed by atoms with Gasteiger partial charge in [0.2, 0.25) is 0 Å². The average Bonchev–Trinajstić information content (AvgIpc) is 2.25. The topological polar surface area (TPSA) is 15.3 Å². The molecule has 4 heteroatoms. The van der Waals surface area contributed by atoms with Crippen LogP contribution in [0.4, 0.5) is 4.39 Å². The van der Waals surface area contributed by atoms with E-state index in [1.807, 2.05) is 20.2 Å². The molecule has 1 aromatic carbocycles. The first-order chi connectivity index (χ1) is 8.04. The fraction of sp³-hybridized carbons (Fsp3) is 0.538. The van der Waals surface area contributed by atoms with Crippen LogP contribution in [0.1, 0.15) is 12.5 Å². The van der Waals surface area contributed by atoms with E-state index < -0.39 is 0 Å². The van der Waals surface area contributed by atoms with Crippen molar-refractivity contribution in [1.29, 1.82) is 0 Å². The lowest BCUT2D eigenvalue weighted by Gasteiger charge is -2.21. The Hall–Kier alpha value is -0.640. The van der Waals surface area contributed by atoms with Crippen molar-refractivity contribution in [2.24, 2.45) is 5.92 Å². The predicted octanol–water partition coefficient (Wildman–Crippen LogP) is 2.77. The second-order valence-electron chi connectivity index (χ2n) is 4.57. The zero-order chi connectivity index (χ0) is 12.8. The summed E-state index contributed by atoms with van der Waals surface area (Å²) in [4.78, 5) is 2.16. The molecule has 0 aliphatic rings. The van der Waals surface area contributed by atoms with Crippen molar-refractivity contribution >= 4 is 11.6 Å². The number of hydrogen-bond acceptors (Lipinski definition) is 2. The van der Waals surface area contributed by atoms with E-state index >= 15 is 0 Å². The first-order valence-electron chi connectivity index (χ1n) is 5.80. The normalized spacial score (nSPS) is 13.1. The highest BCUT2D eigenvalue weighted by atomic mass is 35.5. The molecular formula is C13H20ClFN2. The van der Waals surface area contributed by atoms with Gasteiger partial charge in [-0.1, -0.05) is 30.7 Å². The minimum absolute atomic E-state index is 0.237. The molecule has 1 unspecified atom stereocenters. The van der Waals surface area contributed by atoms with Gasteiger partial charge in [-0.15, -0.1) is 0 Å². The molecule has 17 heavy (non-hydrogen) atoms. The Bertz CT molecular complexity index is 357. The van der Waals surface area contributed by atoms with Gasteiger partial charge in [0.05, 0.1) is 5.02 Å². The minimum Gasteiger partial charge on any atom is -0.319 e. The number of halogens is 2. The van der Waals surface area contributed by atoms with Crippen LogP contribution >= 0.6 is 11.6 Å². The standard InChI is InChI=1S/C13H20ClFN2/c1-10(7-16-2)8-17(3)9-11-5-4-6-12(15)13(11)14/h4-6,10,16H,7-9H2,1-3H3. The summed E-state index contributed by atoms with van der Waals surface area (Å²) in [5, 5.41) is 3.38. The second kappa shape index (κ2) is 6.94. The molecule has 0 spiro atoms. The summed E-state index contributed by atoms with van der Waals surface area (Å²) in [6, 6.07) is 4.95. The quantitative estimate of drug-likeness (QED) is 0.844. The molecule has 0 heterocycles. The molecule has 0 saturated carbocycles. The van der Waals surface area contributed by atoms with Crippen molar-refractivity contribution in [3.8, 4) is 0 Å². The van der Waals surface area contributed by atoms with Crippen molar-refractivity contribution in [2.75, 3.05) is 27.2 Å². The van der Waals surface area contributed by atoms with Crippen molar-refractivity contribution in [3.63, 3.8) is 0 Å². The molecular weight excluding hydrogens is 239 g/mol. The van der Waals surface area contributed by atoms with Crippen LogP contribution in [0.2, 0.25) is 5.02 Å². The lowest BCUT2D eigenvalue weighted by Crippen LogP contribution is -2.29. The monoisotopic (exact) mass is 258 g/mol. The molecule has 1 N–H and O–H groups in total. The molecule has 0 bridgehead atoms. The first-order valence-corrected chi connectivity index (χ1v) is 6.18. The van der Waals surface area contributed by atoms with Crippen LogP contribution in [0, 0.1) is 11.7 Å². The van der Waals surface area contributed by atoms with Gasteiger partial charge >= 0.3 is 0 Å². The lowest BCUT2D eigenvalue weighted by molar-refractivity contribution is 0.276. The van der Waals surface area contributed by atoms with E-state index in [0.29, 0.717) is 12.5 Å². The van der Waals surface area contributed by atoms with Gasteiger partial charge in [0, 0.05) is 13.1 Å². The number of nitrogens with zero attached hydrogens (tertiary/aromatic N) is 1. The molecule has 1 aromatic rings. The second-order valence-corrected chi connectivity index (χ2v) is 4.95. The third-order valence-corrected chi connectivity index (χ3v) is 3.07. The van der Waals surface area contributed by atoms with Crippen LogP contribution in [0.15, 0.2) is 18.2 Å². The Balaban J connectivity index is 2.56. The summed E-state index contributed by atoms with van der Waals surface area (Å²) >= 11 is 5.92. The van der Waals surface area contributed by atoms with Gasteiger partial charge in [-0.2, -0.15) is 0 Å². The predicted molar refractivity (Wildman–Crippen MR) is 70.8 cm³/mol. The van der Waals surface area contributed by atoms with Crippen LogP contribution in [-0.2, 0) is 6.54 Å². The summed E-state index contributed by atoms with van der Waals surface area (Å²) in [5.41, 5.74) is 0.839. The summed E-state index contributed by atoms with van der Waals surface area (Å²) in [7, 11) is 3.97. The van der Waals surface area contributed by atoms with Gasteiger partial charge in [-0.25, -0.2) is 4.39 Å². The molecule has 0 aliphatic carbocycles. The fourth-order valence-electron chi connectivity index (χ4n) is 1.97. The minimum atomic E-state index is -0.346. The number of benzene rings is 1. The summed E-state index contributed by atoms with van der Waals surface area (Å²) in [6.07, 6.45) is 0. The Kier molecular flexibility index (Phi) is 5.89. The zero-order valence-electron chi connectivity index (χ0n) is 10.6. The van der Waals surface area contributed by atoms with Gasteiger partial charge < -0.3 is 10.2 Å². The van der Waals surface area contributed by atoms with E-state index in [4.69, 9.17) is 11.6 Å². The van der Waals surface area contributed by atoms with E-state index in [1.165, 1.54) is 6.07 Å². The summed E-state index contributed by atoms with van der Waals surface area (Å²) < 4.78 is 13.3. The van der Waals surface area contributed by atoms with E-state index in [1.54, 1.807) is 6.07 Å². The SMILES string of the molecule is CNCC(C)CN(C)Cc1cccc(F)c1Cl. The number of hydrogen-bond donors (Lipinski definition) is 1. The summed E-state index contributed by atoms with van der Waals surface area (Å²) in [5.74, 6) is 0.207. The molecule has 1 atom stereocenters. The largest absolute Gasteiger partial charge is 0.319 e. The maximum Gasteiger partial charge on any atom is 0.142 e. The van der Waals surface area contributed by atoms with Crippen molar-refractivity contribution in [2.45, 2.75) is 13.5 Å². The Morgan fingerprint density at radius 2 is 2.18 bits per heavy atom. The maximum atomic E-state index is 13.3. The van der Waals surface area contributed by atoms with Crippen LogP contribution in [0.5, 0.6) is 0 Å². The highest BCUT2D eigenvalue weighted by molar-refractivity contribution is 6.31. The van der Waals surface area contributed by atoms with Gasteiger partial charge in [-0.3, -0.25) is 0 Å².